The number of rotatable bonds is 6. The minimum Gasteiger partial charge on any atom is -0.298 e. The van der Waals surface area contributed by atoms with Gasteiger partial charge in [0.05, 0.1) is 6.54 Å². The predicted octanol–water partition coefficient (Wildman–Crippen LogP) is 2.87. The van der Waals surface area contributed by atoms with Crippen LogP contribution in [0.5, 0.6) is 0 Å². The highest BCUT2D eigenvalue weighted by atomic mass is 16.1. The molecule has 0 aromatic rings. The van der Waals surface area contributed by atoms with E-state index in [0.29, 0.717) is 17.7 Å². The number of likely N-dealkylation sites (tertiary alicyclic amines) is 1. The van der Waals surface area contributed by atoms with Crippen molar-refractivity contribution in [1.82, 2.24) is 4.90 Å². The van der Waals surface area contributed by atoms with E-state index in [4.69, 9.17) is 0 Å². The normalized spacial score (nSPS) is 18.7. The summed E-state index contributed by atoms with van der Waals surface area (Å²) in [5, 5.41) is 0. The molecule has 15 heavy (non-hydrogen) atoms. The molecule has 1 fully saturated rings. The topological polar surface area (TPSA) is 20.3 Å². The lowest BCUT2D eigenvalue weighted by Gasteiger charge is -2.29. The average molecular weight is 211 g/mol. The molecule has 0 spiro atoms. The Kier molecular flexibility index (Phi) is 4.78. The molecule has 0 unspecified atom stereocenters. The van der Waals surface area contributed by atoms with Gasteiger partial charge in [0.25, 0.3) is 0 Å². The van der Waals surface area contributed by atoms with Crippen LogP contribution >= 0.6 is 0 Å². The molecular formula is C13H25NO. The molecule has 0 aromatic carbocycles. The molecular weight excluding hydrogens is 186 g/mol. The first-order valence-electron chi connectivity index (χ1n) is 6.27. The van der Waals surface area contributed by atoms with E-state index in [-0.39, 0.29) is 0 Å². The molecule has 1 saturated heterocycles. The van der Waals surface area contributed by atoms with Gasteiger partial charge in [-0.25, -0.2) is 0 Å². The molecule has 0 saturated carbocycles. The Hall–Kier alpha value is -0.370. The number of carbonyl (C=O) groups excluding carboxylic acids is 1. The number of ketones is 1. The minimum absolute atomic E-state index is 0.375. The third kappa shape index (κ3) is 4.78. The van der Waals surface area contributed by atoms with Gasteiger partial charge in [-0.1, -0.05) is 40.0 Å². The van der Waals surface area contributed by atoms with E-state index in [0.717, 1.165) is 19.5 Å². The number of Topliss-reactive ketones (excluding diaryl/α,β-unsaturated/α-hetero) is 1. The van der Waals surface area contributed by atoms with E-state index < -0.39 is 0 Å². The van der Waals surface area contributed by atoms with E-state index in [2.05, 4.69) is 25.7 Å². The van der Waals surface area contributed by atoms with Gasteiger partial charge in [0.2, 0.25) is 0 Å². The van der Waals surface area contributed by atoms with Crippen LogP contribution in [-0.2, 0) is 4.79 Å². The standard InChI is InChI=1S/C13H25NO/c1-4-5-6-8-13(2,3)11-14-9-7-12(15)10-14/h4-11H2,1-3H3. The number of hydrogen-bond acceptors (Lipinski definition) is 2. The summed E-state index contributed by atoms with van der Waals surface area (Å²) in [6.07, 6.45) is 6.00. The average Bonchev–Trinajstić information content (AvgIpc) is 2.50. The summed E-state index contributed by atoms with van der Waals surface area (Å²) in [6, 6.07) is 0. The van der Waals surface area contributed by atoms with E-state index in [9.17, 15) is 4.79 Å². The Balaban J connectivity index is 2.25. The summed E-state index contributed by atoms with van der Waals surface area (Å²) in [7, 11) is 0. The molecule has 1 rings (SSSR count). The van der Waals surface area contributed by atoms with Crippen molar-refractivity contribution < 1.29 is 4.79 Å². The van der Waals surface area contributed by atoms with Crippen LogP contribution in [0.2, 0.25) is 0 Å². The van der Waals surface area contributed by atoms with Crippen LogP contribution < -0.4 is 0 Å². The zero-order chi connectivity index (χ0) is 11.3. The first kappa shape index (κ1) is 12.7. The molecule has 0 aliphatic carbocycles. The maximum Gasteiger partial charge on any atom is 0.148 e. The fraction of sp³-hybridized carbons (Fsp3) is 0.923. The maximum atomic E-state index is 11.2. The van der Waals surface area contributed by atoms with E-state index in [1.54, 1.807) is 0 Å². The van der Waals surface area contributed by atoms with Gasteiger partial charge in [0.15, 0.2) is 0 Å². The number of unbranched alkanes of at least 4 members (excludes halogenated alkanes) is 2. The highest BCUT2D eigenvalue weighted by Crippen LogP contribution is 2.26. The van der Waals surface area contributed by atoms with Crippen LogP contribution in [0.4, 0.5) is 0 Å². The molecule has 1 aliphatic heterocycles. The van der Waals surface area contributed by atoms with Crippen molar-refractivity contribution >= 4 is 5.78 Å². The smallest absolute Gasteiger partial charge is 0.148 e. The zero-order valence-electron chi connectivity index (χ0n) is 10.5. The Labute approximate surface area is 94.0 Å². The predicted molar refractivity (Wildman–Crippen MR) is 64.0 cm³/mol. The van der Waals surface area contributed by atoms with Gasteiger partial charge < -0.3 is 0 Å². The Morgan fingerprint density at radius 2 is 2.07 bits per heavy atom. The molecule has 1 heterocycles. The van der Waals surface area contributed by atoms with Crippen LogP contribution in [0.25, 0.3) is 0 Å². The van der Waals surface area contributed by atoms with Crippen LogP contribution in [-0.4, -0.2) is 30.3 Å². The van der Waals surface area contributed by atoms with Crippen LogP contribution in [0.1, 0.15) is 52.9 Å². The van der Waals surface area contributed by atoms with Crippen molar-refractivity contribution in [1.29, 1.82) is 0 Å². The number of hydrogen-bond donors (Lipinski definition) is 0. The second kappa shape index (κ2) is 5.64. The fourth-order valence-electron chi connectivity index (χ4n) is 2.36. The molecule has 0 amide bonds. The maximum absolute atomic E-state index is 11.2. The van der Waals surface area contributed by atoms with Crippen molar-refractivity contribution in [3.63, 3.8) is 0 Å². The van der Waals surface area contributed by atoms with Crippen LogP contribution in [0.3, 0.4) is 0 Å². The van der Waals surface area contributed by atoms with Gasteiger partial charge >= 0.3 is 0 Å². The lowest BCUT2D eigenvalue weighted by Crippen LogP contribution is -2.32. The van der Waals surface area contributed by atoms with Gasteiger partial charge in [-0.3, -0.25) is 9.69 Å². The van der Waals surface area contributed by atoms with E-state index >= 15 is 0 Å². The molecule has 0 bridgehead atoms. The third-order valence-corrected chi connectivity index (χ3v) is 3.22. The molecule has 88 valence electrons. The van der Waals surface area contributed by atoms with Gasteiger partial charge in [0, 0.05) is 19.5 Å². The van der Waals surface area contributed by atoms with Gasteiger partial charge in [-0.05, 0) is 11.8 Å². The molecule has 0 radical (unpaired) electrons. The largest absolute Gasteiger partial charge is 0.298 e. The lowest BCUT2D eigenvalue weighted by molar-refractivity contribution is -0.117. The summed E-state index contributed by atoms with van der Waals surface area (Å²) in [6.45, 7) is 9.65. The summed E-state index contributed by atoms with van der Waals surface area (Å²) in [5.41, 5.74) is 0.375. The number of carbonyl (C=O) groups is 1. The van der Waals surface area contributed by atoms with Crippen molar-refractivity contribution in [2.45, 2.75) is 52.9 Å². The summed E-state index contributed by atoms with van der Waals surface area (Å²) < 4.78 is 0. The number of nitrogens with zero attached hydrogens (tertiary/aromatic N) is 1. The fourth-order valence-corrected chi connectivity index (χ4v) is 2.36. The third-order valence-electron chi connectivity index (χ3n) is 3.22. The molecule has 0 aromatic heterocycles. The molecule has 2 heteroatoms. The van der Waals surface area contributed by atoms with Gasteiger partial charge in [-0.2, -0.15) is 0 Å². The zero-order valence-corrected chi connectivity index (χ0v) is 10.5. The van der Waals surface area contributed by atoms with Crippen molar-refractivity contribution in [3.05, 3.63) is 0 Å². The summed E-state index contributed by atoms with van der Waals surface area (Å²) in [5.74, 6) is 0.416. The lowest BCUT2D eigenvalue weighted by atomic mass is 9.86. The molecule has 0 N–H and O–H groups in total. The Morgan fingerprint density at radius 1 is 1.33 bits per heavy atom. The Bertz CT molecular complexity index is 211. The SMILES string of the molecule is CCCCCC(C)(C)CN1CCC(=O)C1. The quantitative estimate of drug-likeness (QED) is 0.630. The molecule has 0 atom stereocenters. The minimum atomic E-state index is 0.375. The first-order valence-corrected chi connectivity index (χ1v) is 6.27. The Morgan fingerprint density at radius 3 is 2.60 bits per heavy atom. The van der Waals surface area contributed by atoms with Gasteiger partial charge in [-0.15, -0.1) is 0 Å². The van der Waals surface area contributed by atoms with Gasteiger partial charge in [0.1, 0.15) is 5.78 Å². The summed E-state index contributed by atoms with van der Waals surface area (Å²) >= 11 is 0. The second-order valence-electron chi connectivity index (χ2n) is 5.62. The highest BCUT2D eigenvalue weighted by Gasteiger charge is 2.26. The second-order valence-corrected chi connectivity index (χ2v) is 5.62. The highest BCUT2D eigenvalue weighted by molar-refractivity contribution is 5.82. The van der Waals surface area contributed by atoms with E-state index in [1.165, 1.54) is 25.7 Å². The first-order chi connectivity index (χ1) is 7.03. The molecule has 2 nitrogen and oxygen atoms in total. The van der Waals surface area contributed by atoms with Crippen LogP contribution in [0, 0.1) is 5.41 Å². The van der Waals surface area contributed by atoms with E-state index in [1.807, 2.05) is 0 Å². The van der Waals surface area contributed by atoms with Crippen LogP contribution in [0.15, 0.2) is 0 Å². The van der Waals surface area contributed by atoms with Crippen molar-refractivity contribution in [2.24, 2.45) is 5.41 Å². The summed E-state index contributed by atoms with van der Waals surface area (Å²) in [4.78, 5) is 13.5. The monoisotopic (exact) mass is 211 g/mol. The van der Waals surface area contributed by atoms with Crippen molar-refractivity contribution in [3.8, 4) is 0 Å². The molecule has 1 aliphatic rings. The van der Waals surface area contributed by atoms with Crippen molar-refractivity contribution in [2.75, 3.05) is 19.6 Å².